The van der Waals surface area contributed by atoms with Gasteiger partial charge in [-0.3, -0.25) is 0 Å². The topological polar surface area (TPSA) is 86.6 Å². The number of aliphatic hydroxyl groups excluding tert-OH is 2. The first kappa shape index (κ1) is 15.4. The summed E-state index contributed by atoms with van der Waals surface area (Å²) in [5.74, 6) is 0. The van der Waals surface area contributed by atoms with Gasteiger partial charge >= 0.3 is 0 Å². The SMILES string of the molecule is CCC(CO)(CO)NS(=O)(=O)c1ccc(Cl)cc1. The standard InChI is InChI=1S/C11H16ClNO4S/c1-2-11(7-14,8-15)13-18(16,17)10-5-3-9(12)4-6-10/h3-6,13-15H,2,7-8H2,1H3. The van der Waals surface area contributed by atoms with Crippen molar-refractivity contribution in [1.82, 2.24) is 4.72 Å². The van der Waals surface area contributed by atoms with Crippen molar-refractivity contribution in [2.24, 2.45) is 0 Å². The molecule has 1 rings (SSSR count). The van der Waals surface area contributed by atoms with Gasteiger partial charge in [0.1, 0.15) is 0 Å². The van der Waals surface area contributed by atoms with Crippen molar-refractivity contribution in [2.45, 2.75) is 23.8 Å². The predicted molar refractivity (Wildman–Crippen MR) is 69.0 cm³/mol. The molecule has 0 aliphatic rings. The maximum atomic E-state index is 12.1. The van der Waals surface area contributed by atoms with E-state index in [0.29, 0.717) is 5.02 Å². The van der Waals surface area contributed by atoms with Gasteiger partial charge in [0.15, 0.2) is 0 Å². The number of aliphatic hydroxyl groups is 2. The Balaban J connectivity index is 3.04. The fourth-order valence-electron chi connectivity index (χ4n) is 1.37. The summed E-state index contributed by atoms with van der Waals surface area (Å²) in [4.78, 5) is 0.0339. The Morgan fingerprint density at radius 1 is 1.22 bits per heavy atom. The van der Waals surface area contributed by atoms with E-state index in [0.717, 1.165) is 0 Å². The lowest BCUT2D eigenvalue weighted by Crippen LogP contribution is -2.53. The fraction of sp³-hybridized carbons (Fsp3) is 0.455. The lowest BCUT2D eigenvalue weighted by Gasteiger charge is -2.29. The van der Waals surface area contributed by atoms with Gasteiger partial charge in [0.2, 0.25) is 10.0 Å². The number of rotatable bonds is 6. The van der Waals surface area contributed by atoms with Crippen LogP contribution in [0.15, 0.2) is 29.2 Å². The highest BCUT2D eigenvalue weighted by Crippen LogP contribution is 2.18. The van der Waals surface area contributed by atoms with Crippen molar-refractivity contribution < 1.29 is 18.6 Å². The van der Waals surface area contributed by atoms with Crippen LogP contribution < -0.4 is 4.72 Å². The van der Waals surface area contributed by atoms with Crippen LogP contribution in [0.2, 0.25) is 5.02 Å². The molecule has 0 saturated heterocycles. The molecule has 0 amide bonds. The Morgan fingerprint density at radius 2 is 1.72 bits per heavy atom. The van der Waals surface area contributed by atoms with Crippen LogP contribution in [0.1, 0.15) is 13.3 Å². The molecule has 0 fully saturated rings. The number of hydrogen-bond donors (Lipinski definition) is 3. The third kappa shape index (κ3) is 3.43. The van der Waals surface area contributed by atoms with Crippen LogP contribution in [0.25, 0.3) is 0 Å². The van der Waals surface area contributed by atoms with Crippen molar-refractivity contribution in [3.05, 3.63) is 29.3 Å². The van der Waals surface area contributed by atoms with Gasteiger partial charge in [-0.15, -0.1) is 0 Å². The summed E-state index contributed by atoms with van der Waals surface area (Å²) in [5.41, 5.74) is -1.25. The van der Waals surface area contributed by atoms with Gasteiger partial charge in [0.05, 0.1) is 23.6 Å². The lowest BCUT2D eigenvalue weighted by molar-refractivity contribution is 0.105. The molecule has 0 bridgehead atoms. The van der Waals surface area contributed by atoms with Crippen LogP contribution in [-0.4, -0.2) is 37.4 Å². The van der Waals surface area contributed by atoms with Gasteiger partial charge in [0.25, 0.3) is 0 Å². The summed E-state index contributed by atoms with van der Waals surface area (Å²) >= 11 is 5.68. The highest BCUT2D eigenvalue weighted by Gasteiger charge is 2.32. The van der Waals surface area contributed by atoms with E-state index in [1.54, 1.807) is 6.92 Å². The molecule has 0 unspecified atom stereocenters. The largest absolute Gasteiger partial charge is 0.394 e. The molecular weight excluding hydrogens is 278 g/mol. The summed E-state index contributed by atoms with van der Waals surface area (Å²) in [6, 6.07) is 5.64. The van der Waals surface area contributed by atoms with Gasteiger partial charge in [0, 0.05) is 5.02 Å². The first-order valence-corrected chi connectivity index (χ1v) is 7.26. The molecule has 7 heteroatoms. The lowest BCUT2D eigenvalue weighted by atomic mass is 10.0. The van der Waals surface area contributed by atoms with Crippen molar-refractivity contribution >= 4 is 21.6 Å². The minimum Gasteiger partial charge on any atom is -0.394 e. The molecule has 3 N–H and O–H groups in total. The van der Waals surface area contributed by atoms with E-state index >= 15 is 0 Å². The van der Waals surface area contributed by atoms with E-state index in [1.807, 2.05) is 0 Å². The second-order valence-electron chi connectivity index (χ2n) is 4.01. The summed E-state index contributed by atoms with van der Waals surface area (Å²) in [6.07, 6.45) is 0.271. The normalized spacial score (nSPS) is 12.7. The van der Waals surface area contributed by atoms with E-state index in [4.69, 9.17) is 11.6 Å². The second-order valence-corrected chi connectivity index (χ2v) is 6.13. The van der Waals surface area contributed by atoms with E-state index in [-0.39, 0.29) is 11.3 Å². The van der Waals surface area contributed by atoms with Gasteiger partial charge in [-0.25, -0.2) is 13.1 Å². The molecule has 0 aromatic heterocycles. The minimum absolute atomic E-state index is 0.0339. The van der Waals surface area contributed by atoms with Crippen LogP contribution in [-0.2, 0) is 10.0 Å². The average molecular weight is 294 g/mol. The highest BCUT2D eigenvalue weighted by molar-refractivity contribution is 7.89. The van der Waals surface area contributed by atoms with Crippen LogP contribution in [0.3, 0.4) is 0 Å². The molecular formula is C11H16ClNO4S. The molecule has 1 aromatic carbocycles. The third-order valence-electron chi connectivity index (χ3n) is 2.76. The van der Waals surface area contributed by atoms with Crippen LogP contribution in [0.5, 0.6) is 0 Å². The maximum absolute atomic E-state index is 12.1. The molecule has 5 nitrogen and oxygen atoms in total. The molecule has 0 heterocycles. The molecule has 0 saturated carbocycles. The monoisotopic (exact) mass is 293 g/mol. The van der Waals surface area contributed by atoms with Crippen LogP contribution in [0, 0.1) is 0 Å². The number of halogens is 1. The zero-order valence-corrected chi connectivity index (χ0v) is 11.5. The summed E-state index contributed by atoms with van der Waals surface area (Å²) in [6.45, 7) is 0.719. The fourth-order valence-corrected chi connectivity index (χ4v) is 2.95. The van der Waals surface area contributed by atoms with E-state index in [2.05, 4.69) is 4.72 Å². The smallest absolute Gasteiger partial charge is 0.241 e. The first-order chi connectivity index (χ1) is 8.39. The summed E-state index contributed by atoms with van der Waals surface area (Å²) in [5, 5.41) is 18.9. The minimum atomic E-state index is -3.80. The first-order valence-electron chi connectivity index (χ1n) is 5.40. The van der Waals surface area contributed by atoms with Crippen molar-refractivity contribution in [3.63, 3.8) is 0 Å². The Hall–Kier alpha value is -0.660. The second kappa shape index (κ2) is 5.99. The summed E-state index contributed by atoms with van der Waals surface area (Å²) in [7, 11) is -3.80. The van der Waals surface area contributed by atoms with Crippen molar-refractivity contribution in [2.75, 3.05) is 13.2 Å². The molecule has 1 aromatic rings. The van der Waals surface area contributed by atoms with E-state index in [9.17, 15) is 18.6 Å². The van der Waals surface area contributed by atoms with Gasteiger partial charge in [-0.1, -0.05) is 18.5 Å². The Morgan fingerprint density at radius 3 is 2.11 bits per heavy atom. The van der Waals surface area contributed by atoms with E-state index < -0.39 is 28.8 Å². The number of benzene rings is 1. The molecule has 18 heavy (non-hydrogen) atoms. The van der Waals surface area contributed by atoms with E-state index in [1.165, 1.54) is 24.3 Å². The van der Waals surface area contributed by atoms with Gasteiger partial charge < -0.3 is 10.2 Å². The Kier molecular flexibility index (Phi) is 5.12. The van der Waals surface area contributed by atoms with Crippen LogP contribution in [0.4, 0.5) is 0 Å². The Labute approximate surface area is 111 Å². The van der Waals surface area contributed by atoms with Gasteiger partial charge in [-0.2, -0.15) is 0 Å². The van der Waals surface area contributed by atoms with Crippen molar-refractivity contribution in [3.8, 4) is 0 Å². The van der Waals surface area contributed by atoms with Crippen LogP contribution >= 0.6 is 11.6 Å². The Bertz CT molecular complexity index is 474. The molecule has 0 atom stereocenters. The molecule has 0 spiro atoms. The number of sulfonamides is 1. The zero-order chi connectivity index (χ0) is 13.8. The third-order valence-corrected chi connectivity index (χ3v) is 4.60. The van der Waals surface area contributed by atoms with Gasteiger partial charge in [-0.05, 0) is 30.7 Å². The molecule has 0 radical (unpaired) electrons. The highest BCUT2D eigenvalue weighted by atomic mass is 35.5. The molecule has 0 aliphatic carbocycles. The summed E-state index contributed by atoms with van der Waals surface area (Å²) < 4.78 is 26.4. The average Bonchev–Trinajstić information content (AvgIpc) is 2.37. The molecule has 102 valence electrons. The van der Waals surface area contributed by atoms with Crippen molar-refractivity contribution in [1.29, 1.82) is 0 Å². The maximum Gasteiger partial charge on any atom is 0.241 e. The number of nitrogens with one attached hydrogen (secondary N) is 1. The zero-order valence-electron chi connectivity index (χ0n) is 9.93. The molecule has 0 aliphatic heterocycles. The number of hydrogen-bond acceptors (Lipinski definition) is 4. The predicted octanol–water partition coefficient (Wildman–Crippen LogP) is 0.752. The quantitative estimate of drug-likeness (QED) is 0.722.